The lowest BCUT2D eigenvalue weighted by Gasteiger charge is -2.24. The Bertz CT molecular complexity index is 1280. The zero-order valence-corrected chi connectivity index (χ0v) is 22.8. The average Bonchev–Trinajstić information content (AvgIpc) is 3.27. The fourth-order valence-corrected chi connectivity index (χ4v) is 3.99. The summed E-state index contributed by atoms with van der Waals surface area (Å²) in [6.07, 6.45) is -0.0397. The van der Waals surface area contributed by atoms with Crippen LogP contribution >= 0.6 is 0 Å². The Morgan fingerprint density at radius 1 is 0.872 bits per heavy atom. The van der Waals surface area contributed by atoms with E-state index in [0.717, 1.165) is 10.2 Å². The Hall–Kier alpha value is -4.21. The van der Waals surface area contributed by atoms with E-state index in [0.29, 0.717) is 18.4 Å². The van der Waals surface area contributed by atoms with Crippen LogP contribution in [0.25, 0.3) is 11.5 Å². The van der Waals surface area contributed by atoms with Gasteiger partial charge in [0.1, 0.15) is 19.2 Å². The smallest absolute Gasteiger partial charge is 0.437 e. The normalized spacial score (nSPS) is 12.7. The minimum absolute atomic E-state index is 0.0641. The molecule has 0 saturated heterocycles. The van der Waals surface area contributed by atoms with Gasteiger partial charge < -0.3 is 19.8 Å². The highest BCUT2D eigenvalue weighted by molar-refractivity contribution is 5.92. The first-order chi connectivity index (χ1) is 18.6. The molecule has 3 rings (SSSR count). The molecule has 0 aliphatic carbocycles. The summed E-state index contributed by atoms with van der Waals surface area (Å²) < 4.78 is 11.5. The molecular formula is C29H36N4O6. The number of rotatable bonds is 13. The molecule has 2 atom stereocenters. The van der Waals surface area contributed by atoms with Crippen molar-refractivity contribution in [2.75, 3.05) is 0 Å². The molecule has 10 heteroatoms. The molecule has 0 bridgehead atoms. The first kappa shape index (κ1) is 29.3. The standard InChI is InChI=1S/C29H36N4O6/c1-19(2)15-23(25(34)17-33-29(37)39-27(32-33)22-13-9-6-10-14-22)30-26(35)24(16-20(3)4)31-28(36)38-18-21-11-7-5-8-12-21/h5-14,19-20,23-24H,15-18H2,1-4H3,(H,30,35)(H,31,36)/t23-,24-/m0/s1. The van der Waals surface area contributed by atoms with Gasteiger partial charge in [-0.1, -0.05) is 76.2 Å². The van der Waals surface area contributed by atoms with Gasteiger partial charge in [0.25, 0.3) is 0 Å². The number of amides is 2. The van der Waals surface area contributed by atoms with E-state index in [9.17, 15) is 19.2 Å². The molecule has 0 fully saturated rings. The van der Waals surface area contributed by atoms with Gasteiger partial charge >= 0.3 is 11.8 Å². The Kier molecular flexibility index (Phi) is 10.6. The third-order valence-corrected chi connectivity index (χ3v) is 5.87. The number of Topliss-reactive ketones (excluding diaryl/α,β-unsaturated/α-hetero) is 1. The first-order valence-corrected chi connectivity index (χ1v) is 13.1. The third-order valence-electron chi connectivity index (χ3n) is 5.87. The van der Waals surface area contributed by atoms with Crippen molar-refractivity contribution in [1.29, 1.82) is 0 Å². The molecule has 1 aromatic heterocycles. The van der Waals surface area contributed by atoms with Crippen LogP contribution in [0.1, 0.15) is 46.1 Å². The average molecular weight is 537 g/mol. The van der Waals surface area contributed by atoms with Crippen LogP contribution in [0.3, 0.4) is 0 Å². The maximum absolute atomic E-state index is 13.3. The first-order valence-electron chi connectivity index (χ1n) is 13.1. The van der Waals surface area contributed by atoms with E-state index in [1.54, 1.807) is 24.3 Å². The highest BCUT2D eigenvalue weighted by Crippen LogP contribution is 2.15. The van der Waals surface area contributed by atoms with Gasteiger partial charge in [0.15, 0.2) is 5.78 Å². The van der Waals surface area contributed by atoms with Gasteiger partial charge in [-0.15, -0.1) is 5.10 Å². The van der Waals surface area contributed by atoms with Crippen molar-refractivity contribution in [1.82, 2.24) is 20.4 Å². The summed E-state index contributed by atoms with van der Waals surface area (Å²) >= 11 is 0. The molecule has 0 saturated carbocycles. The lowest BCUT2D eigenvalue weighted by molar-refractivity contribution is -0.130. The number of aromatic nitrogens is 2. The number of ketones is 1. The van der Waals surface area contributed by atoms with Crippen molar-refractivity contribution < 1.29 is 23.5 Å². The maximum Gasteiger partial charge on any atom is 0.437 e. The van der Waals surface area contributed by atoms with Gasteiger partial charge in [0.2, 0.25) is 11.8 Å². The molecule has 3 aromatic rings. The van der Waals surface area contributed by atoms with E-state index in [1.807, 2.05) is 64.1 Å². The predicted octanol–water partition coefficient (Wildman–Crippen LogP) is 3.94. The van der Waals surface area contributed by atoms with Gasteiger partial charge in [0.05, 0.1) is 6.04 Å². The fraction of sp³-hybridized carbons (Fsp3) is 0.414. The molecule has 39 heavy (non-hydrogen) atoms. The monoisotopic (exact) mass is 536 g/mol. The molecule has 0 aliphatic rings. The van der Waals surface area contributed by atoms with Crippen molar-refractivity contribution in [3.05, 3.63) is 76.8 Å². The summed E-state index contributed by atoms with van der Waals surface area (Å²) in [7, 11) is 0. The molecule has 2 N–H and O–H groups in total. The van der Waals surface area contributed by atoms with E-state index in [2.05, 4.69) is 15.7 Å². The van der Waals surface area contributed by atoms with Gasteiger partial charge in [-0.2, -0.15) is 4.68 Å². The Balaban J connectivity index is 1.68. The van der Waals surface area contributed by atoms with Crippen molar-refractivity contribution >= 4 is 17.8 Å². The lowest BCUT2D eigenvalue weighted by atomic mass is 9.98. The van der Waals surface area contributed by atoms with Crippen LogP contribution in [0.4, 0.5) is 4.79 Å². The number of alkyl carbamates (subject to hydrolysis) is 1. The summed E-state index contributed by atoms with van der Waals surface area (Å²) in [5.74, 6) is -1.41. The van der Waals surface area contributed by atoms with Crippen LogP contribution in [0, 0.1) is 11.8 Å². The summed E-state index contributed by atoms with van der Waals surface area (Å²) in [5, 5.41) is 9.56. The minimum Gasteiger partial charge on any atom is -0.445 e. The van der Waals surface area contributed by atoms with Crippen LogP contribution in [0.5, 0.6) is 0 Å². The molecule has 0 aliphatic heterocycles. The Morgan fingerprint density at radius 3 is 2.08 bits per heavy atom. The third kappa shape index (κ3) is 9.24. The van der Waals surface area contributed by atoms with Gasteiger partial charge in [-0.05, 0) is 42.4 Å². The predicted molar refractivity (Wildman–Crippen MR) is 146 cm³/mol. The second kappa shape index (κ2) is 14.1. The van der Waals surface area contributed by atoms with Gasteiger partial charge in [-0.25, -0.2) is 9.59 Å². The number of hydrogen-bond acceptors (Lipinski definition) is 7. The molecule has 1 heterocycles. The summed E-state index contributed by atoms with van der Waals surface area (Å²) in [6, 6.07) is 16.3. The largest absolute Gasteiger partial charge is 0.445 e. The summed E-state index contributed by atoms with van der Waals surface area (Å²) in [6.45, 7) is 7.40. The van der Waals surface area contributed by atoms with E-state index >= 15 is 0 Å². The molecule has 0 unspecified atom stereocenters. The number of hydrogen-bond donors (Lipinski definition) is 2. The Labute approximate surface area is 227 Å². The van der Waals surface area contributed by atoms with Crippen LogP contribution in [0.2, 0.25) is 0 Å². The van der Waals surface area contributed by atoms with Crippen molar-refractivity contribution in [2.45, 2.75) is 65.8 Å². The molecular weight excluding hydrogens is 500 g/mol. The lowest BCUT2D eigenvalue weighted by Crippen LogP contribution is -2.53. The number of carbonyl (C=O) groups excluding carboxylic acids is 3. The van der Waals surface area contributed by atoms with E-state index < -0.39 is 35.6 Å². The topological polar surface area (TPSA) is 133 Å². The fourth-order valence-electron chi connectivity index (χ4n) is 3.99. The summed E-state index contributed by atoms with van der Waals surface area (Å²) in [5.41, 5.74) is 1.42. The van der Waals surface area contributed by atoms with Crippen LogP contribution in [-0.4, -0.2) is 39.6 Å². The highest BCUT2D eigenvalue weighted by atomic mass is 16.5. The minimum atomic E-state index is -0.907. The number of benzene rings is 2. The second-order valence-corrected chi connectivity index (χ2v) is 10.2. The van der Waals surface area contributed by atoms with Crippen molar-refractivity contribution in [3.8, 4) is 11.5 Å². The maximum atomic E-state index is 13.3. The number of nitrogens with zero attached hydrogens (tertiary/aromatic N) is 2. The van der Waals surface area contributed by atoms with Gasteiger partial charge in [-0.3, -0.25) is 9.59 Å². The Morgan fingerprint density at radius 2 is 1.46 bits per heavy atom. The molecule has 208 valence electrons. The zero-order valence-electron chi connectivity index (χ0n) is 22.8. The quantitative estimate of drug-likeness (QED) is 0.338. The molecule has 0 radical (unpaired) electrons. The van der Waals surface area contributed by atoms with Crippen LogP contribution in [0.15, 0.2) is 69.9 Å². The second-order valence-electron chi connectivity index (χ2n) is 10.2. The molecule has 2 aromatic carbocycles. The molecule has 10 nitrogen and oxygen atoms in total. The highest BCUT2D eigenvalue weighted by Gasteiger charge is 2.29. The van der Waals surface area contributed by atoms with E-state index in [4.69, 9.17) is 9.15 Å². The summed E-state index contributed by atoms with van der Waals surface area (Å²) in [4.78, 5) is 51.3. The SMILES string of the molecule is CC(C)C[C@H](NC(=O)[C@H](CC(C)C)NC(=O)OCc1ccccc1)C(=O)Cn1nc(-c2ccccc2)oc1=O. The van der Waals surface area contributed by atoms with Crippen LogP contribution < -0.4 is 16.4 Å². The zero-order chi connectivity index (χ0) is 28.4. The van der Waals surface area contributed by atoms with E-state index in [-0.39, 0.29) is 30.9 Å². The molecule has 0 spiro atoms. The van der Waals surface area contributed by atoms with E-state index in [1.165, 1.54) is 0 Å². The number of ether oxygens (including phenoxy) is 1. The van der Waals surface area contributed by atoms with Gasteiger partial charge in [0, 0.05) is 5.56 Å². The van der Waals surface area contributed by atoms with Crippen molar-refractivity contribution in [3.63, 3.8) is 0 Å². The number of carbonyl (C=O) groups is 3. The molecule has 2 amide bonds. The van der Waals surface area contributed by atoms with Crippen LogP contribution in [-0.2, 0) is 27.5 Å². The number of nitrogens with one attached hydrogen (secondary N) is 2. The van der Waals surface area contributed by atoms with Crippen molar-refractivity contribution in [2.24, 2.45) is 11.8 Å².